The lowest BCUT2D eigenvalue weighted by Crippen LogP contribution is -2.16. The van der Waals surface area contributed by atoms with Crippen LogP contribution in [0.1, 0.15) is 25.0 Å². The van der Waals surface area contributed by atoms with Crippen LogP contribution in [0.4, 0.5) is 17.1 Å². The first-order chi connectivity index (χ1) is 31.0. The van der Waals surface area contributed by atoms with Crippen molar-refractivity contribution in [3.05, 3.63) is 199 Å². The van der Waals surface area contributed by atoms with Crippen molar-refractivity contribution < 1.29 is 0 Å². The third-order valence-corrected chi connectivity index (χ3v) is 16.0. The summed E-state index contributed by atoms with van der Waals surface area (Å²) in [6, 6.07) is 67.7. The van der Waals surface area contributed by atoms with E-state index in [2.05, 4.69) is 205 Å². The average molecular weight is 840 g/mol. The van der Waals surface area contributed by atoms with Crippen LogP contribution in [-0.4, -0.2) is 9.38 Å². The molecule has 0 aliphatic heterocycles. The van der Waals surface area contributed by atoms with E-state index in [9.17, 15) is 0 Å². The number of thiazole rings is 1. The monoisotopic (exact) mass is 839 g/mol. The largest absolute Gasteiger partial charge is 0.310 e. The highest BCUT2D eigenvalue weighted by Gasteiger charge is 2.36. The standard InChI is InChI=1S/C58H37N3S2/c1-58(2)48-20-8-6-14-41(48)42-28-26-38(31-49(42)58)60(37-27-29-52-47(30-37)53-54-46(32-50-57(53)62-33-59-50)43-15-7-9-21-51(43)61(52)54)36-24-22-35(23-25-36)40-17-11-19-45-44-18-10-16-39(55(44)63-56(40)45)34-12-4-3-5-13-34/h3-33H,1-2H3. The molecule has 0 radical (unpaired) electrons. The predicted molar refractivity (Wildman–Crippen MR) is 270 cm³/mol. The lowest BCUT2D eigenvalue weighted by Gasteiger charge is -2.28. The Kier molecular flexibility index (Phi) is 7.21. The lowest BCUT2D eigenvalue weighted by molar-refractivity contribution is 0.660. The minimum Gasteiger partial charge on any atom is -0.310 e. The summed E-state index contributed by atoms with van der Waals surface area (Å²) >= 11 is 3.64. The molecule has 0 amide bonds. The number of rotatable bonds is 5. The van der Waals surface area contributed by atoms with Crippen LogP contribution in [0.15, 0.2) is 188 Å². The molecule has 0 N–H and O–H groups in total. The maximum atomic E-state index is 4.86. The van der Waals surface area contributed by atoms with Crippen molar-refractivity contribution >= 4 is 108 Å². The Morgan fingerprint density at radius 2 is 1.08 bits per heavy atom. The van der Waals surface area contributed by atoms with Crippen molar-refractivity contribution in [2.45, 2.75) is 19.3 Å². The summed E-state index contributed by atoms with van der Waals surface area (Å²) in [5.41, 5.74) is 20.4. The first-order valence-electron chi connectivity index (χ1n) is 21.6. The van der Waals surface area contributed by atoms with E-state index in [4.69, 9.17) is 4.98 Å². The van der Waals surface area contributed by atoms with Gasteiger partial charge in [-0.1, -0.05) is 141 Å². The molecule has 0 fully saturated rings. The zero-order chi connectivity index (χ0) is 41.6. The molecular formula is C58H37N3S2. The number of nitrogens with zero attached hydrogens (tertiary/aromatic N) is 3. The number of aromatic nitrogens is 2. The summed E-state index contributed by atoms with van der Waals surface area (Å²) in [6.07, 6.45) is 0. The Morgan fingerprint density at radius 3 is 1.89 bits per heavy atom. The van der Waals surface area contributed by atoms with Crippen molar-refractivity contribution in [2.24, 2.45) is 0 Å². The maximum Gasteiger partial charge on any atom is 0.0826 e. The van der Waals surface area contributed by atoms with Crippen molar-refractivity contribution in [2.75, 3.05) is 4.90 Å². The van der Waals surface area contributed by atoms with Gasteiger partial charge in [-0.05, 0) is 99.1 Å². The number of thiophene rings is 1. The third kappa shape index (κ3) is 4.86. The second-order valence-corrected chi connectivity index (χ2v) is 19.4. The fourth-order valence-corrected chi connectivity index (χ4v) is 13.2. The third-order valence-electron chi connectivity index (χ3n) is 13.9. The lowest BCUT2D eigenvalue weighted by atomic mass is 9.82. The van der Waals surface area contributed by atoms with E-state index in [-0.39, 0.29) is 5.41 Å². The second-order valence-electron chi connectivity index (χ2n) is 17.5. The van der Waals surface area contributed by atoms with Gasteiger partial charge < -0.3 is 9.30 Å². The summed E-state index contributed by atoms with van der Waals surface area (Å²) in [7, 11) is 0. The first kappa shape index (κ1) is 35.3. The molecule has 9 aromatic carbocycles. The van der Waals surface area contributed by atoms with Crippen LogP contribution in [0.3, 0.4) is 0 Å². The van der Waals surface area contributed by atoms with E-state index in [0.717, 1.165) is 22.6 Å². The molecule has 5 heteroatoms. The molecule has 1 aliphatic carbocycles. The summed E-state index contributed by atoms with van der Waals surface area (Å²) in [5, 5.41) is 7.67. The van der Waals surface area contributed by atoms with Gasteiger partial charge in [0.1, 0.15) is 0 Å². The van der Waals surface area contributed by atoms with Gasteiger partial charge >= 0.3 is 0 Å². The number of para-hydroxylation sites is 1. The molecule has 4 aromatic heterocycles. The van der Waals surface area contributed by atoms with Gasteiger partial charge in [-0.3, -0.25) is 0 Å². The number of fused-ring (bicyclic) bond motifs is 14. The van der Waals surface area contributed by atoms with E-state index in [1.54, 1.807) is 11.3 Å². The number of hydrogen-bond donors (Lipinski definition) is 0. The molecule has 14 rings (SSSR count). The highest BCUT2D eigenvalue weighted by molar-refractivity contribution is 7.26. The molecule has 63 heavy (non-hydrogen) atoms. The Morgan fingerprint density at radius 1 is 0.460 bits per heavy atom. The maximum absolute atomic E-state index is 4.86. The van der Waals surface area contributed by atoms with Gasteiger partial charge in [0.25, 0.3) is 0 Å². The molecule has 4 heterocycles. The topological polar surface area (TPSA) is 20.5 Å². The zero-order valence-electron chi connectivity index (χ0n) is 34.6. The van der Waals surface area contributed by atoms with Crippen LogP contribution in [0, 0.1) is 0 Å². The van der Waals surface area contributed by atoms with E-state index in [0.29, 0.717) is 0 Å². The Hall–Kier alpha value is -7.31. The normalized spacial score (nSPS) is 13.4. The van der Waals surface area contributed by atoms with Crippen LogP contribution >= 0.6 is 22.7 Å². The van der Waals surface area contributed by atoms with Gasteiger partial charge in [-0.2, -0.15) is 0 Å². The summed E-state index contributed by atoms with van der Waals surface area (Å²) in [4.78, 5) is 7.32. The van der Waals surface area contributed by atoms with Gasteiger partial charge in [0, 0.05) is 64.2 Å². The number of hydrogen-bond acceptors (Lipinski definition) is 4. The fourth-order valence-electron chi connectivity index (χ4n) is 11.0. The van der Waals surface area contributed by atoms with Crippen LogP contribution in [0.5, 0.6) is 0 Å². The molecule has 296 valence electrons. The Balaban J connectivity index is 0.968. The minimum atomic E-state index is -0.128. The highest BCUT2D eigenvalue weighted by atomic mass is 32.1. The van der Waals surface area contributed by atoms with Crippen LogP contribution in [-0.2, 0) is 5.41 Å². The van der Waals surface area contributed by atoms with E-state index in [1.807, 2.05) is 16.8 Å². The van der Waals surface area contributed by atoms with Crippen LogP contribution in [0.2, 0.25) is 0 Å². The fraction of sp³-hybridized carbons (Fsp3) is 0.0517. The molecule has 1 aliphatic rings. The van der Waals surface area contributed by atoms with Crippen molar-refractivity contribution in [3.63, 3.8) is 0 Å². The average Bonchev–Trinajstić information content (AvgIpc) is 4.15. The van der Waals surface area contributed by atoms with Crippen LogP contribution < -0.4 is 4.90 Å². The Bertz CT molecular complexity index is 4000. The first-order valence-corrected chi connectivity index (χ1v) is 23.3. The predicted octanol–water partition coefficient (Wildman–Crippen LogP) is 16.9. The molecule has 0 spiro atoms. The highest BCUT2D eigenvalue weighted by Crippen LogP contribution is 2.52. The molecule has 0 bridgehead atoms. The smallest absolute Gasteiger partial charge is 0.0826 e. The van der Waals surface area contributed by atoms with E-state index < -0.39 is 0 Å². The van der Waals surface area contributed by atoms with E-state index >= 15 is 0 Å². The zero-order valence-corrected chi connectivity index (χ0v) is 36.2. The summed E-state index contributed by atoms with van der Waals surface area (Å²) < 4.78 is 6.36. The van der Waals surface area contributed by atoms with Crippen LogP contribution in [0.25, 0.3) is 102 Å². The molecular weight excluding hydrogens is 803 g/mol. The molecule has 13 aromatic rings. The second kappa shape index (κ2) is 12.9. The molecule has 0 unspecified atom stereocenters. The van der Waals surface area contributed by atoms with Crippen molar-refractivity contribution in [1.82, 2.24) is 9.38 Å². The van der Waals surface area contributed by atoms with Gasteiger partial charge in [-0.25, -0.2) is 4.98 Å². The van der Waals surface area contributed by atoms with Crippen molar-refractivity contribution in [3.8, 4) is 33.4 Å². The summed E-state index contributed by atoms with van der Waals surface area (Å²) in [5.74, 6) is 0. The molecule has 3 nitrogen and oxygen atoms in total. The van der Waals surface area contributed by atoms with Crippen molar-refractivity contribution in [1.29, 1.82) is 0 Å². The number of benzene rings is 9. The molecule has 0 saturated heterocycles. The van der Waals surface area contributed by atoms with Gasteiger partial charge in [0.2, 0.25) is 0 Å². The SMILES string of the molecule is CC1(C)c2ccccc2-c2ccc(N(c3ccc(-c4cccc5c4sc4c(-c6ccccc6)cccc45)cc3)c3ccc4c(c3)c3c5scnc5cc5c6ccccc6n4c53)cc21. The summed E-state index contributed by atoms with van der Waals surface area (Å²) in [6.45, 7) is 4.74. The quantitative estimate of drug-likeness (QED) is 0.172. The Labute approximate surface area is 371 Å². The molecule has 0 saturated carbocycles. The van der Waals surface area contributed by atoms with E-state index in [1.165, 1.54) is 107 Å². The van der Waals surface area contributed by atoms with Gasteiger partial charge in [0.05, 0.1) is 32.3 Å². The minimum absolute atomic E-state index is 0.128. The van der Waals surface area contributed by atoms with Gasteiger partial charge in [0.15, 0.2) is 0 Å². The number of anilines is 3. The van der Waals surface area contributed by atoms with Gasteiger partial charge in [-0.15, -0.1) is 22.7 Å². The molecule has 0 atom stereocenters.